The molecule has 0 bridgehead atoms. The molecule has 0 aromatic heterocycles. The van der Waals surface area contributed by atoms with E-state index in [9.17, 15) is 4.79 Å². The summed E-state index contributed by atoms with van der Waals surface area (Å²) in [6.45, 7) is 11.1. The Kier molecular flexibility index (Phi) is 9.67. The molecule has 0 atom stereocenters. The highest BCUT2D eigenvalue weighted by molar-refractivity contribution is 5.77. The van der Waals surface area contributed by atoms with E-state index in [0.29, 0.717) is 35.8 Å². The van der Waals surface area contributed by atoms with Crippen molar-refractivity contribution >= 4 is 34.4 Å². The van der Waals surface area contributed by atoms with Gasteiger partial charge in [-0.25, -0.2) is 0 Å². The number of azo groups is 2. The molecule has 39 heavy (non-hydrogen) atoms. The molecule has 3 rings (SSSR count). The second kappa shape index (κ2) is 12.9. The molecule has 8 heteroatoms. The molecule has 3 aromatic rings. The summed E-state index contributed by atoms with van der Waals surface area (Å²) in [5, 5.41) is 25.9. The van der Waals surface area contributed by atoms with Gasteiger partial charge in [0.2, 0.25) is 0 Å². The van der Waals surface area contributed by atoms with Crippen molar-refractivity contribution in [3.05, 3.63) is 78.4 Å². The summed E-state index contributed by atoms with van der Waals surface area (Å²) >= 11 is 0. The number of rotatable bonds is 11. The minimum absolute atomic E-state index is 0.138. The maximum atomic E-state index is 12.7. The summed E-state index contributed by atoms with van der Waals surface area (Å²) in [5.41, 5.74) is 3.68. The van der Waals surface area contributed by atoms with E-state index in [4.69, 9.17) is 10.00 Å². The molecule has 0 aliphatic rings. The number of carbonyl (C=O) groups is 1. The third kappa shape index (κ3) is 7.81. The van der Waals surface area contributed by atoms with Gasteiger partial charge in [-0.3, -0.25) is 4.79 Å². The number of likely N-dealkylation sites (N-methyl/N-ethyl adjacent to an activating group) is 1. The van der Waals surface area contributed by atoms with Crippen LogP contribution in [0.1, 0.15) is 46.6 Å². The van der Waals surface area contributed by atoms with Crippen LogP contribution in [0, 0.1) is 22.2 Å². The van der Waals surface area contributed by atoms with E-state index < -0.39 is 5.41 Å². The van der Waals surface area contributed by atoms with Crippen molar-refractivity contribution < 1.29 is 9.53 Å². The van der Waals surface area contributed by atoms with Crippen molar-refractivity contribution in [2.24, 2.45) is 31.3 Å². The highest BCUT2D eigenvalue weighted by Gasteiger charge is 2.43. The minimum atomic E-state index is -0.552. The maximum absolute atomic E-state index is 12.7. The highest BCUT2D eigenvalue weighted by Crippen LogP contribution is 2.42. The molecule has 8 nitrogen and oxygen atoms in total. The lowest BCUT2D eigenvalue weighted by molar-refractivity contribution is -0.160. The molecule has 0 amide bonds. The van der Waals surface area contributed by atoms with Gasteiger partial charge in [-0.2, -0.15) is 25.7 Å². The Hall–Kier alpha value is -4.38. The van der Waals surface area contributed by atoms with Crippen molar-refractivity contribution in [2.75, 3.05) is 25.1 Å². The number of nitriles is 1. The molecule has 0 heterocycles. The van der Waals surface area contributed by atoms with Crippen LogP contribution in [-0.2, 0) is 9.53 Å². The van der Waals surface area contributed by atoms with E-state index in [1.54, 1.807) is 24.3 Å². The largest absolute Gasteiger partial charge is 0.463 e. The third-order valence-electron chi connectivity index (χ3n) is 7.44. The molecule has 0 spiro atoms. The summed E-state index contributed by atoms with van der Waals surface area (Å²) in [7, 11) is 1.96. The van der Waals surface area contributed by atoms with Crippen LogP contribution in [0.5, 0.6) is 0 Å². The lowest BCUT2D eigenvalue weighted by Gasteiger charge is -2.38. The van der Waals surface area contributed by atoms with Gasteiger partial charge < -0.3 is 9.64 Å². The zero-order chi connectivity index (χ0) is 28.5. The Balaban J connectivity index is 1.50. The molecular weight excluding hydrogens is 488 g/mol. The second-order valence-corrected chi connectivity index (χ2v) is 10.5. The number of anilines is 1. The number of esters is 1. The SMILES string of the molecule is CCC(C)(C)C(C)(C)C(=O)OCCN(C)c1ccc(N=Nc2ccc(N=Nc3ccc(C#N)cc3)cc2)cc1. The normalized spacial score (nSPS) is 12.0. The van der Waals surface area contributed by atoms with Gasteiger partial charge in [0.15, 0.2) is 0 Å². The Morgan fingerprint density at radius 3 is 1.62 bits per heavy atom. The van der Waals surface area contributed by atoms with E-state index in [-0.39, 0.29) is 11.4 Å². The Morgan fingerprint density at radius 1 is 0.795 bits per heavy atom. The van der Waals surface area contributed by atoms with E-state index >= 15 is 0 Å². The van der Waals surface area contributed by atoms with Gasteiger partial charge in [-0.1, -0.05) is 20.8 Å². The quantitative estimate of drug-likeness (QED) is 0.185. The van der Waals surface area contributed by atoms with Gasteiger partial charge in [-0.05, 0) is 98.5 Å². The van der Waals surface area contributed by atoms with Crippen LogP contribution in [0.2, 0.25) is 0 Å². The summed E-state index contributed by atoms with van der Waals surface area (Å²) < 4.78 is 5.62. The summed E-state index contributed by atoms with van der Waals surface area (Å²) in [6, 6.07) is 24.0. The van der Waals surface area contributed by atoms with Crippen LogP contribution in [0.25, 0.3) is 0 Å². The molecule has 0 radical (unpaired) electrons. The van der Waals surface area contributed by atoms with Crippen LogP contribution in [0.4, 0.5) is 28.4 Å². The molecule has 3 aromatic carbocycles. The number of ether oxygens (including phenoxy) is 1. The molecule has 0 saturated carbocycles. The summed E-state index contributed by atoms with van der Waals surface area (Å²) in [4.78, 5) is 14.7. The lowest BCUT2D eigenvalue weighted by Crippen LogP contribution is -2.41. The molecule has 0 N–H and O–H groups in total. The van der Waals surface area contributed by atoms with Gasteiger partial charge in [0, 0.05) is 12.7 Å². The topological polar surface area (TPSA) is 103 Å². The highest BCUT2D eigenvalue weighted by atomic mass is 16.5. The van der Waals surface area contributed by atoms with Crippen molar-refractivity contribution in [2.45, 2.75) is 41.0 Å². The van der Waals surface area contributed by atoms with E-state index in [1.807, 2.05) is 74.3 Å². The first-order chi connectivity index (χ1) is 18.6. The molecule has 0 saturated heterocycles. The first-order valence-electron chi connectivity index (χ1n) is 13.0. The lowest BCUT2D eigenvalue weighted by atomic mass is 9.66. The van der Waals surface area contributed by atoms with Crippen molar-refractivity contribution in [3.8, 4) is 6.07 Å². The first kappa shape index (κ1) is 29.2. The maximum Gasteiger partial charge on any atom is 0.312 e. The fraction of sp³-hybridized carbons (Fsp3) is 0.355. The van der Waals surface area contributed by atoms with Crippen molar-refractivity contribution in [3.63, 3.8) is 0 Å². The zero-order valence-corrected chi connectivity index (χ0v) is 23.5. The van der Waals surface area contributed by atoms with Crippen LogP contribution < -0.4 is 4.90 Å². The Labute approximate surface area is 231 Å². The monoisotopic (exact) mass is 524 g/mol. The first-order valence-corrected chi connectivity index (χ1v) is 13.0. The summed E-state index contributed by atoms with van der Waals surface area (Å²) in [5.74, 6) is -0.166. The van der Waals surface area contributed by atoms with Gasteiger partial charge >= 0.3 is 5.97 Å². The zero-order valence-electron chi connectivity index (χ0n) is 23.5. The predicted octanol–water partition coefficient (Wildman–Crippen LogP) is 8.83. The minimum Gasteiger partial charge on any atom is -0.463 e. The standard InChI is InChI=1S/C31H36N6O2/c1-7-30(2,3)31(4,5)29(38)39-21-20-37(6)28-18-16-27(17-19-28)36-35-26-14-12-25(13-15-26)34-33-24-10-8-23(22-32)9-11-24/h8-19H,7,20-21H2,1-6H3. The molecule has 0 unspecified atom stereocenters. The average Bonchev–Trinajstić information content (AvgIpc) is 2.95. The second-order valence-electron chi connectivity index (χ2n) is 10.5. The number of hydrogen-bond acceptors (Lipinski definition) is 8. The smallest absolute Gasteiger partial charge is 0.312 e. The molecule has 0 aliphatic heterocycles. The van der Waals surface area contributed by atoms with Crippen LogP contribution in [-0.4, -0.2) is 26.2 Å². The van der Waals surface area contributed by atoms with Crippen LogP contribution in [0.3, 0.4) is 0 Å². The van der Waals surface area contributed by atoms with Crippen molar-refractivity contribution in [1.82, 2.24) is 0 Å². The number of nitrogens with zero attached hydrogens (tertiary/aromatic N) is 6. The fourth-order valence-corrected chi connectivity index (χ4v) is 3.50. The van der Waals surface area contributed by atoms with E-state index in [2.05, 4.69) is 47.3 Å². The van der Waals surface area contributed by atoms with Gasteiger partial charge in [-0.15, -0.1) is 0 Å². The van der Waals surface area contributed by atoms with Gasteiger partial charge in [0.25, 0.3) is 0 Å². The van der Waals surface area contributed by atoms with Gasteiger partial charge in [0.1, 0.15) is 6.61 Å². The number of carbonyl (C=O) groups excluding carboxylic acids is 1. The van der Waals surface area contributed by atoms with E-state index in [1.165, 1.54) is 0 Å². The Morgan fingerprint density at radius 2 is 1.21 bits per heavy atom. The third-order valence-corrected chi connectivity index (χ3v) is 7.44. The molecule has 0 fully saturated rings. The molecular formula is C31H36N6O2. The summed E-state index contributed by atoms with van der Waals surface area (Å²) in [6.07, 6.45) is 0.900. The van der Waals surface area contributed by atoms with Crippen molar-refractivity contribution in [1.29, 1.82) is 5.26 Å². The number of benzene rings is 3. The van der Waals surface area contributed by atoms with Crippen LogP contribution >= 0.6 is 0 Å². The van der Waals surface area contributed by atoms with E-state index in [0.717, 1.165) is 17.8 Å². The van der Waals surface area contributed by atoms with Crippen LogP contribution in [0.15, 0.2) is 93.3 Å². The number of hydrogen-bond donors (Lipinski definition) is 0. The predicted molar refractivity (Wildman–Crippen MR) is 154 cm³/mol. The molecule has 0 aliphatic carbocycles. The Bertz CT molecular complexity index is 1340. The average molecular weight is 525 g/mol. The fourth-order valence-electron chi connectivity index (χ4n) is 3.50. The molecule has 202 valence electrons. The van der Waals surface area contributed by atoms with Gasteiger partial charge in [0.05, 0.1) is 46.3 Å².